The number of nitrogens with one attached hydrogen (secondary N) is 1. The van der Waals surface area contributed by atoms with Crippen molar-refractivity contribution in [2.45, 2.75) is 62.1 Å². The molecule has 0 radical (unpaired) electrons. The number of halogens is 2. The number of ether oxygens (including phenoxy) is 1. The molecule has 3 atom stereocenters. The van der Waals surface area contributed by atoms with Crippen LogP contribution in [0, 0.1) is 5.92 Å². The van der Waals surface area contributed by atoms with Crippen molar-refractivity contribution in [2.24, 2.45) is 5.92 Å². The average Bonchev–Trinajstić information content (AvgIpc) is 2.86. The first kappa shape index (κ1) is 25.3. The van der Waals surface area contributed by atoms with E-state index in [0.29, 0.717) is 57.8 Å². The molecule has 3 saturated heterocycles. The molecule has 4 aliphatic rings. The molecule has 8 nitrogen and oxygen atoms in total. The molecule has 0 aromatic carbocycles. The van der Waals surface area contributed by atoms with Gasteiger partial charge in [0.2, 0.25) is 0 Å². The molecular formula is C26H35F2N5O3. The minimum atomic E-state index is -1.84. The fourth-order valence-corrected chi connectivity index (χ4v) is 6.11. The van der Waals surface area contributed by atoms with Crippen molar-refractivity contribution in [1.29, 1.82) is 0 Å². The number of fused-ring (bicyclic) bond motifs is 1. The number of anilines is 1. The lowest BCUT2D eigenvalue weighted by atomic mass is 9.75. The van der Waals surface area contributed by atoms with Gasteiger partial charge in [-0.15, -0.1) is 0 Å². The van der Waals surface area contributed by atoms with E-state index in [9.17, 15) is 9.18 Å². The number of carbonyl (C=O) groups excluding carboxylic acids is 1. The summed E-state index contributed by atoms with van der Waals surface area (Å²) in [5.74, 6) is -0.383. The number of nitrogens with zero attached hydrogens (tertiary/aromatic N) is 3. The van der Waals surface area contributed by atoms with Gasteiger partial charge in [0, 0.05) is 63.7 Å². The van der Waals surface area contributed by atoms with Crippen LogP contribution in [0.3, 0.4) is 0 Å². The number of hydrogen-bond donors (Lipinski definition) is 2. The van der Waals surface area contributed by atoms with Crippen LogP contribution in [-0.2, 0) is 20.9 Å². The van der Waals surface area contributed by atoms with Gasteiger partial charge in [0.1, 0.15) is 11.6 Å². The number of pyridine rings is 1. The molecule has 10 heteroatoms. The third-order valence-corrected chi connectivity index (χ3v) is 8.13. The van der Waals surface area contributed by atoms with Gasteiger partial charge in [-0.25, -0.2) is 13.8 Å². The predicted octanol–water partition coefficient (Wildman–Crippen LogP) is 2.68. The number of nitrogen functional groups attached to an aromatic ring is 1. The lowest BCUT2D eigenvalue weighted by Gasteiger charge is -2.51. The Hall–Kier alpha value is -2.40. The van der Waals surface area contributed by atoms with Gasteiger partial charge in [-0.05, 0) is 49.1 Å². The maximum absolute atomic E-state index is 15.8. The Labute approximate surface area is 210 Å². The van der Waals surface area contributed by atoms with Crippen LogP contribution in [0.25, 0.3) is 0 Å². The highest BCUT2D eigenvalue weighted by molar-refractivity contribution is 5.85. The maximum atomic E-state index is 15.8. The van der Waals surface area contributed by atoms with E-state index < -0.39 is 17.2 Å². The van der Waals surface area contributed by atoms with E-state index in [-0.39, 0.29) is 36.7 Å². The Morgan fingerprint density at radius 3 is 2.72 bits per heavy atom. The molecule has 3 fully saturated rings. The zero-order valence-electron chi connectivity index (χ0n) is 20.7. The first-order valence-electron chi connectivity index (χ1n) is 12.7. The van der Waals surface area contributed by atoms with Crippen LogP contribution in [0.2, 0.25) is 0 Å². The number of carbonyl (C=O) groups is 1. The summed E-state index contributed by atoms with van der Waals surface area (Å²) in [7, 11) is 1.55. The molecule has 1 aliphatic carbocycles. The van der Waals surface area contributed by atoms with Crippen molar-refractivity contribution >= 4 is 11.7 Å². The van der Waals surface area contributed by atoms with E-state index in [1.807, 2.05) is 12.1 Å². The smallest absolute Gasteiger partial charge is 0.260 e. The molecule has 3 N–H and O–H groups in total. The predicted molar refractivity (Wildman–Crippen MR) is 131 cm³/mol. The van der Waals surface area contributed by atoms with Crippen LogP contribution in [0.5, 0.6) is 0 Å². The maximum Gasteiger partial charge on any atom is 0.260 e. The second-order valence-corrected chi connectivity index (χ2v) is 10.5. The summed E-state index contributed by atoms with van der Waals surface area (Å²) in [6, 6.07) is 3.62. The highest BCUT2D eigenvalue weighted by Crippen LogP contribution is 2.43. The standard InChI is InChI=1S/C26H35F2N5O3/c1-35-31-21-16-25(36-22-3-2-19(27)15-20(21)22)5-12-33(13-6-25)24(34)26(28)7-10-32(11-8-26)17-18-4-9-30-23(29)14-18/h2-4,9,14-15,20-22,31H,5-8,10-13,16-17H2,1H3,(H2,29,30). The third kappa shape index (κ3) is 5.18. The number of amides is 1. The average molecular weight is 504 g/mol. The van der Waals surface area contributed by atoms with E-state index in [1.54, 1.807) is 30.4 Å². The van der Waals surface area contributed by atoms with E-state index in [0.717, 1.165) is 5.56 Å². The third-order valence-electron chi connectivity index (χ3n) is 8.13. The number of nitrogens with two attached hydrogens (primary N) is 1. The van der Waals surface area contributed by atoms with Crippen LogP contribution in [0.15, 0.2) is 42.4 Å². The molecule has 1 aromatic heterocycles. The van der Waals surface area contributed by atoms with Crippen molar-refractivity contribution < 1.29 is 23.1 Å². The summed E-state index contributed by atoms with van der Waals surface area (Å²) >= 11 is 0. The summed E-state index contributed by atoms with van der Waals surface area (Å²) in [6.45, 7) is 2.56. The zero-order valence-corrected chi connectivity index (χ0v) is 20.7. The topological polar surface area (TPSA) is 93.0 Å². The van der Waals surface area contributed by atoms with Gasteiger partial charge in [0.05, 0.1) is 18.8 Å². The second kappa shape index (κ2) is 10.2. The first-order chi connectivity index (χ1) is 17.3. The number of likely N-dealkylation sites (tertiary alicyclic amines) is 2. The number of aromatic nitrogens is 1. The minimum Gasteiger partial charge on any atom is -0.384 e. The Kier molecular flexibility index (Phi) is 7.13. The molecule has 4 heterocycles. The van der Waals surface area contributed by atoms with Crippen molar-refractivity contribution in [3.63, 3.8) is 0 Å². The van der Waals surface area contributed by atoms with Crippen LogP contribution in [0.1, 0.15) is 37.7 Å². The SMILES string of the molecule is CONC1CC2(CCN(C(=O)C3(F)CCN(Cc4ccnc(N)c4)CC3)CC2)OC2C=CC(F)=CC12. The fourth-order valence-electron chi connectivity index (χ4n) is 6.11. The molecular weight excluding hydrogens is 468 g/mol. The molecule has 5 rings (SSSR count). The second-order valence-electron chi connectivity index (χ2n) is 10.5. The number of piperidine rings is 2. The van der Waals surface area contributed by atoms with Crippen LogP contribution in [0.4, 0.5) is 14.6 Å². The number of allylic oxidation sites excluding steroid dienone is 2. The summed E-state index contributed by atoms with van der Waals surface area (Å²) in [5.41, 5.74) is 7.50. The Morgan fingerprint density at radius 1 is 1.28 bits per heavy atom. The normalized spacial score (nSPS) is 29.6. The molecule has 3 aliphatic heterocycles. The Morgan fingerprint density at radius 2 is 2.03 bits per heavy atom. The van der Waals surface area contributed by atoms with Gasteiger partial charge in [-0.2, -0.15) is 5.48 Å². The number of rotatable bonds is 5. The molecule has 196 valence electrons. The lowest BCUT2D eigenvalue weighted by Crippen LogP contribution is -2.61. The largest absolute Gasteiger partial charge is 0.384 e. The molecule has 3 unspecified atom stereocenters. The summed E-state index contributed by atoms with van der Waals surface area (Å²) in [4.78, 5) is 26.3. The zero-order chi connectivity index (χ0) is 25.3. The number of hydrogen-bond acceptors (Lipinski definition) is 7. The van der Waals surface area contributed by atoms with Crippen LogP contribution < -0.4 is 11.2 Å². The summed E-state index contributed by atoms with van der Waals surface area (Å²) in [5, 5.41) is 0. The van der Waals surface area contributed by atoms with E-state index in [4.69, 9.17) is 15.3 Å². The van der Waals surface area contributed by atoms with Gasteiger partial charge >= 0.3 is 0 Å². The first-order valence-corrected chi connectivity index (χ1v) is 12.7. The van der Waals surface area contributed by atoms with Crippen LogP contribution in [-0.4, -0.2) is 77.4 Å². The monoisotopic (exact) mass is 503 g/mol. The Balaban J connectivity index is 1.17. The summed E-state index contributed by atoms with van der Waals surface area (Å²) in [6.07, 6.45) is 8.38. The van der Waals surface area contributed by atoms with Crippen molar-refractivity contribution in [2.75, 3.05) is 39.0 Å². The minimum absolute atomic E-state index is 0.112. The van der Waals surface area contributed by atoms with Gasteiger partial charge in [-0.3, -0.25) is 9.69 Å². The number of hydroxylamine groups is 1. The van der Waals surface area contributed by atoms with Gasteiger partial charge in [0.25, 0.3) is 5.91 Å². The van der Waals surface area contributed by atoms with Gasteiger partial charge < -0.3 is 20.2 Å². The molecule has 1 amide bonds. The highest BCUT2D eigenvalue weighted by atomic mass is 19.1. The van der Waals surface area contributed by atoms with E-state index in [1.165, 1.54) is 6.08 Å². The molecule has 1 spiro atoms. The molecule has 36 heavy (non-hydrogen) atoms. The van der Waals surface area contributed by atoms with Crippen molar-refractivity contribution in [1.82, 2.24) is 20.3 Å². The van der Waals surface area contributed by atoms with Crippen LogP contribution >= 0.6 is 0 Å². The Bertz CT molecular complexity index is 1020. The van der Waals surface area contributed by atoms with E-state index >= 15 is 4.39 Å². The van der Waals surface area contributed by atoms with Crippen molar-refractivity contribution in [3.05, 3.63) is 47.9 Å². The van der Waals surface area contributed by atoms with E-state index in [2.05, 4.69) is 15.4 Å². The van der Waals surface area contributed by atoms with Gasteiger partial charge in [-0.1, -0.05) is 6.08 Å². The fraction of sp³-hybridized carbons (Fsp3) is 0.615. The summed E-state index contributed by atoms with van der Waals surface area (Å²) < 4.78 is 36.2. The lowest BCUT2D eigenvalue weighted by molar-refractivity contribution is -0.180. The molecule has 1 aromatic rings. The molecule has 0 bridgehead atoms. The number of alkyl halides is 1. The molecule has 0 saturated carbocycles. The quantitative estimate of drug-likeness (QED) is 0.597. The van der Waals surface area contributed by atoms with Gasteiger partial charge in [0.15, 0.2) is 5.67 Å². The highest BCUT2D eigenvalue weighted by Gasteiger charge is 2.50. The van der Waals surface area contributed by atoms with Crippen molar-refractivity contribution in [3.8, 4) is 0 Å².